The van der Waals surface area contributed by atoms with E-state index in [1.54, 1.807) is 6.07 Å². The van der Waals surface area contributed by atoms with Crippen LogP contribution in [0.25, 0.3) is 0 Å². The predicted molar refractivity (Wildman–Crippen MR) is 68.1 cm³/mol. The molecule has 0 aliphatic rings. The van der Waals surface area contributed by atoms with Crippen molar-refractivity contribution in [3.63, 3.8) is 0 Å². The smallest absolute Gasteiger partial charge is 0.148 e. The number of nitrogens with zero attached hydrogens (tertiary/aromatic N) is 2. The van der Waals surface area contributed by atoms with Crippen molar-refractivity contribution < 1.29 is 8.42 Å². The van der Waals surface area contributed by atoms with Crippen molar-refractivity contribution >= 4 is 15.7 Å². The third-order valence-corrected chi connectivity index (χ3v) is 3.15. The summed E-state index contributed by atoms with van der Waals surface area (Å²) in [5.41, 5.74) is 3.32. The van der Waals surface area contributed by atoms with Crippen molar-refractivity contribution in [3.05, 3.63) is 23.9 Å². The Labute approximate surface area is 102 Å². The van der Waals surface area contributed by atoms with E-state index in [0.29, 0.717) is 18.9 Å². The third-order valence-electron chi connectivity index (χ3n) is 2.23. The number of nitrogens with one attached hydrogen (secondary N) is 1. The molecule has 6 nitrogen and oxygen atoms in total. The summed E-state index contributed by atoms with van der Waals surface area (Å²) in [6, 6.07) is 5.49. The second kappa shape index (κ2) is 5.95. The highest BCUT2D eigenvalue weighted by Gasteiger charge is 2.07. The fourth-order valence-electron chi connectivity index (χ4n) is 1.33. The molecule has 0 aliphatic heterocycles. The van der Waals surface area contributed by atoms with E-state index in [4.69, 9.17) is 5.84 Å². The van der Waals surface area contributed by atoms with E-state index in [1.807, 2.05) is 24.1 Å². The van der Waals surface area contributed by atoms with Crippen molar-refractivity contribution in [3.8, 4) is 0 Å². The highest BCUT2D eigenvalue weighted by Crippen LogP contribution is 2.05. The number of hydrazine groups is 1. The second-order valence-corrected chi connectivity index (χ2v) is 6.29. The summed E-state index contributed by atoms with van der Waals surface area (Å²) in [6.45, 7) is 1.08. The minimum absolute atomic E-state index is 0.151. The van der Waals surface area contributed by atoms with Gasteiger partial charge in [-0.05, 0) is 19.2 Å². The Morgan fingerprint density at radius 1 is 1.47 bits per heavy atom. The number of nitrogens with two attached hydrogens (primary N) is 1. The Balaban J connectivity index is 2.52. The van der Waals surface area contributed by atoms with Crippen LogP contribution in [0.5, 0.6) is 0 Å². The lowest BCUT2D eigenvalue weighted by Crippen LogP contribution is -2.25. The van der Waals surface area contributed by atoms with E-state index in [-0.39, 0.29) is 5.75 Å². The van der Waals surface area contributed by atoms with Crippen LogP contribution in [-0.2, 0) is 16.4 Å². The van der Waals surface area contributed by atoms with Crippen LogP contribution < -0.4 is 11.3 Å². The van der Waals surface area contributed by atoms with Gasteiger partial charge >= 0.3 is 0 Å². The Morgan fingerprint density at radius 3 is 2.76 bits per heavy atom. The number of sulfone groups is 1. The minimum atomic E-state index is -2.92. The van der Waals surface area contributed by atoms with Crippen LogP contribution in [0.4, 0.5) is 5.82 Å². The molecule has 0 atom stereocenters. The van der Waals surface area contributed by atoms with Gasteiger partial charge in [-0.15, -0.1) is 0 Å². The maximum absolute atomic E-state index is 11.0. The lowest BCUT2D eigenvalue weighted by molar-refractivity contribution is 0.342. The van der Waals surface area contributed by atoms with Crippen LogP contribution in [0.15, 0.2) is 18.2 Å². The predicted octanol–water partition coefficient (Wildman–Crippen LogP) is -0.156. The summed E-state index contributed by atoms with van der Waals surface area (Å²) in [7, 11) is -1.06. The summed E-state index contributed by atoms with van der Waals surface area (Å²) in [5.74, 6) is 6.01. The van der Waals surface area contributed by atoms with Crippen molar-refractivity contribution in [2.75, 3.05) is 31.0 Å². The molecule has 3 N–H and O–H groups in total. The zero-order valence-corrected chi connectivity index (χ0v) is 10.9. The molecular formula is C10H18N4O2S. The number of hydrogen-bond acceptors (Lipinski definition) is 6. The van der Waals surface area contributed by atoms with Gasteiger partial charge in [0.05, 0.1) is 11.4 Å². The lowest BCUT2D eigenvalue weighted by atomic mass is 10.3. The van der Waals surface area contributed by atoms with Gasteiger partial charge in [-0.25, -0.2) is 19.2 Å². The first-order valence-electron chi connectivity index (χ1n) is 5.19. The van der Waals surface area contributed by atoms with Gasteiger partial charge in [0.1, 0.15) is 15.7 Å². The van der Waals surface area contributed by atoms with Gasteiger partial charge < -0.3 is 5.43 Å². The summed E-state index contributed by atoms with van der Waals surface area (Å²) < 4.78 is 22.0. The molecule has 0 radical (unpaired) electrons. The quantitative estimate of drug-likeness (QED) is 0.544. The van der Waals surface area contributed by atoms with Crippen molar-refractivity contribution in [1.82, 2.24) is 9.88 Å². The zero-order chi connectivity index (χ0) is 12.9. The van der Waals surface area contributed by atoms with Gasteiger partial charge in [-0.1, -0.05) is 6.07 Å². The average Bonchev–Trinajstić information content (AvgIpc) is 2.26. The van der Waals surface area contributed by atoms with E-state index in [9.17, 15) is 8.42 Å². The fourth-order valence-corrected chi connectivity index (χ4v) is 1.97. The monoisotopic (exact) mass is 258 g/mol. The molecule has 1 heterocycles. The zero-order valence-electron chi connectivity index (χ0n) is 10.0. The fraction of sp³-hybridized carbons (Fsp3) is 0.500. The van der Waals surface area contributed by atoms with E-state index in [1.165, 1.54) is 6.26 Å². The van der Waals surface area contributed by atoms with E-state index >= 15 is 0 Å². The molecule has 7 heteroatoms. The topological polar surface area (TPSA) is 88.3 Å². The third kappa shape index (κ3) is 5.62. The molecule has 0 aliphatic carbocycles. The van der Waals surface area contributed by atoms with E-state index < -0.39 is 9.84 Å². The molecule has 0 amide bonds. The second-order valence-electron chi connectivity index (χ2n) is 4.03. The van der Waals surface area contributed by atoms with Gasteiger partial charge in [-0.3, -0.25) is 4.90 Å². The molecule has 0 saturated heterocycles. The molecule has 1 aromatic rings. The normalized spacial score (nSPS) is 11.8. The Morgan fingerprint density at radius 2 is 2.18 bits per heavy atom. The largest absolute Gasteiger partial charge is 0.308 e. The molecule has 0 bridgehead atoms. The lowest BCUT2D eigenvalue weighted by Gasteiger charge is -2.15. The molecule has 96 valence electrons. The number of hydrogen-bond donors (Lipinski definition) is 2. The van der Waals surface area contributed by atoms with Gasteiger partial charge in [0.2, 0.25) is 0 Å². The number of anilines is 1. The van der Waals surface area contributed by atoms with Crippen LogP contribution in [0.1, 0.15) is 5.69 Å². The molecule has 0 unspecified atom stereocenters. The first-order chi connectivity index (χ1) is 7.90. The Bertz CT molecular complexity index is 461. The van der Waals surface area contributed by atoms with Gasteiger partial charge in [0, 0.05) is 19.3 Å². The summed E-state index contributed by atoms with van der Waals surface area (Å²) in [6.07, 6.45) is 1.23. The van der Waals surface area contributed by atoms with E-state index in [2.05, 4.69) is 10.4 Å². The number of pyridine rings is 1. The minimum Gasteiger partial charge on any atom is -0.308 e. The van der Waals surface area contributed by atoms with E-state index in [0.717, 1.165) is 5.69 Å². The van der Waals surface area contributed by atoms with Crippen molar-refractivity contribution in [2.45, 2.75) is 6.54 Å². The van der Waals surface area contributed by atoms with Crippen LogP contribution >= 0.6 is 0 Å². The van der Waals surface area contributed by atoms with Crippen LogP contribution in [0, 0.1) is 0 Å². The summed E-state index contributed by atoms with van der Waals surface area (Å²) >= 11 is 0. The van der Waals surface area contributed by atoms with Crippen molar-refractivity contribution in [1.29, 1.82) is 0 Å². The van der Waals surface area contributed by atoms with Crippen molar-refractivity contribution in [2.24, 2.45) is 5.84 Å². The standard InChI is InChI=1S/C10H18N4O2S/c1-14(6-7-17(2,15)16)8-9-4-3-5-10(12-9)13-11/h3-5H,6-8,11H2,1-2H3,(H,12,13). The molecule has 1 rings (SSSR count). The Kier molecular flexibility index (Phi) is 4.86. The number of rotatable bonds is 6. The molecule has 0 aromatic carbocycles. The SMILES string of the molecule is CN(CCS(C)(=O)=O)Cc1cccc(NN)n1. The first kappa shape index (κ1) is 13.9. The van der Waals surface area contributed by atoms with Crippen LogP contribution in [0.2, 0.25) is 0 Å². The number of aromatic nitrogens is 1. The van der Waals surface area contributed by atoms with Gasteiger partial charge in [-0.2, -0.15) is 0 Å². The Hall–Kier alpha value is -1.18. The van der Waals surface area contributed by atoms with Crippen LogP contribution in [-0.4, -0.2) is 43.9 Å². The maximum atomic E-state index is 11.0. The molecule has 0 saturated carbocycles. The van der Waals surface area contributed by atoms with Gasteiger partial charge in [0.25, 0.3) is 0 Å². The maximum Gasteiger partial charge on any atom is 0.148 e. The molecule has 1 aromatic heterocycles. The summed E-state index contributed by atoms with van der Waals surface area (Å²) in [5, 5.41) is 0. The molecule has 0 fully saturated rings. The van der Waals surface area contributed by atoms with Gasteiger partial charge in [0.15, 0.2) is 0 Å². The van der Waals surface area contributed by atoms with Crippen LogP contribution in [0.3, 0.4) is 0 Å². The summed E-state index contributed by atoms with van der Waals surface area (Å²) in [4.78, 5) is 6.15. The highest BCUT2D eigenvalue weighted by atomic mass is 32.2. The molecule has 0 spiro atoms. The highest BCUT2D eigenvalue weighted by molar-refractivity contribution is 7.90. The molecule has 17 heavy (non-hydrogen) atoms. The number of nitrogen functional groups attached to an aromatic ring is 1. The first-order valence-corrected chi connectivity index (χ1v) is 7.25. The average molecular weight is 258 g/mol. The molecular weight excluding hydrogens is 240 g/mol.